The molecule has 4 heterocycles. The molecule has 0 N–H and O–H groups in total. The van der Waals surface area contributed by atoms with E-state index in [1.54, 1.807) is 6.33 Å². The third kappa shape index (κ3) is 2.78. The first-order chi connectivity index (χ1) is 10.4. The van der Waals surface area contributed by atoms with Crippen molar-refractivity contribution in [3.05, 3.63) is 18.3 Å². The van der Waals surface area contributed by atoms with Crippen molar-refractivity contribution >= 4 is 34.7 Å². The first-order valence-corrected chi connectivity index (χ1v) is 9.53. The Bertz CT molecular complexity index is 620. The summed E-state index contributed by atoms with van der Waals surface area (Å²) in [5.74, 6) is 2.49. The minimum Gasteiger partial charge on any atom is -0.358 e. The summed E-state index contributed by atoms with van der Waals surface area (Å²) in [4.78, 5) is 13.5. The monoisotopic (exact) mass is 322 g/mol. The van der Waals surface area contributed by atoms with Crippen molar-refractivity contribution in [1.29, 1.82) is 0 Å². The van der Waals surface area contributed by atoms with E-state index in [1.807, 2.05) is 29.9 Å². The van der Waals surface area contributed by atoms with Gasteiger partial charge in [0.2, 0.25) is 0 Å². The van der Waals surface area contributed by atoms with E-state index in [4.69, 9.17) is 4.74 Å². The number of rotatable bonds is 3. The summed E-state index contributed by atoms with van der Waals surface area (Å²) in [5, 5.41) is 0. The molecular formula is C14H18N4OS2. The highest BCUT2D eigenvalue weighted by molar-refractivity contribution is 8.20. The average molecular weight is 322 g/mol. The molecule has 2 aliphatic rings. The minimum atomic E-state index is 0.0849. The molecule has 2 saturated heterocycles. The van der Waals surface area contributed by atoms with Crippen molar-refractivity contribution < 1.29 is 4.74 Å². The van der Waals surface area contributed by atoms with E-state index < -0.39 is 0 Å². The maximum Gasteiger partial charge on any atom is 0.165 e. The number of nitrogens with zero attached hydrogens (tertiary/aromatic N) is 4. The van der Waals surface area contributed by atoms with Gasteiger partial charge < -0.3 is 4.74 Å². The van der Waals surface area contributed by atoms with Gasteiger partial charge in [-0.1, -0.05) is 0 Å². The van der Waals surface area contributed by atoms with Gasteiger partial charge in [0.1, 0.15) is 18.1 Å². The zero-order valence-electron chi connectivity index (χ0n) is 11.8. The molecule has 0 aliphatic carbocycles. The second-order valence-electron chi connectivity index (χ2n) is 5.34. The molecule has 0 saturated carbocycles. The molecule has 21 heavy (non-hydrogen) atoms. The summed E-state index contributed by atoms with van der Waals surface area (Å²) in [7, 11) is 0. The molecule has 5 nitrogen and oxygen atoms in total. The second kappa shape index (κ2) is 6.14. The Kier molecular flexibility index (Phi) is 4.05. The molecule has 2 aliphatic heterocycles. The van der Waals surface area contributed by atoms with Gasteiger partial charge in [0.25, 0.3) is 0 Å². The van der Waals surface area contributed by atoms with Crippen LogP contribution in [0.2, 0.25) is 0 Å². The molecule has 1 atom stereocenters. The van der Waals surface area contributed by atoms with Gasteiger partial charge in [-0.2, -0.15) is 0 Å². The topological polar surface area (TPSA) is 52.8 Å². The SMILES string of the molecule is c1nc(CC2SCCS2)c2ncn(C3CCCCO3)c2n1. The molecule has 0 aromatic carbocycles. The number of imidazole rings is 1. The molecular weight excluding hydrogens is 304 g/mol. The quantitative estimate of drug-likeness (QED) is 0.866. The molecule has 0 amide bonds. The number of fused-ring (bicyclic) bond motifs is 1. The van der Waals surface area contributed by atoms with E-state index in [0.29, 0.717) is 4.58 Å². The number of hydrogen-bond acceptors (Lipinski definition) is 6. The van der Waals surface area contributed by atoms with Crippen LogP contribution < -0.4 is 0 Å². The predicted octanol–water partition coefficient (Wildman–Crippen LogP) is 2.87. The van der Waals surface area contributed by atoms with Crippen molar-refractivity contribution in [1.82, 2.24) is 19.5 Å². The molecule has 2 aromatic heterocycles. The van der Waals surface area contributed by atoms with Gasteiger partial charge in [0.05, 0.1) is 16.6 Å². The Labute approximate surface area is 132 Å². The van der Waals surface area contributed by atoms with Crippen LogP contribution in [0.4, 0.5) is 0 Å². The van der Waals surface area contributed by atoms with Crippen LogP contribution in [0.3, 0.4) is 0 Å². The Morgan fingerprint density at radius 2 is 2.10 bits per heavy atom. The number of hydrogen-bond donors (Lipinski definition) is 0. The summed E-state index contributed by atoms with van der Waals surface area (Å²) < 4.78 is 8.55. The van der Waals surface area contributed by atoms with Crippen molar-refractivity contribution in [2.24, 2.45) is 0 Å². The molecule has 112 valence electrons. The van der Waals surface area contributed by atoms with Crippen LogP contribution in [0.1, 0.15) is 31.2 Å². The highest BCUT2D eigenvalue weighted by Gasteiger charge is 2.22. The van der Waals surface area contributed by atoms with Crippen LogP contribution in [0.15, 0.2) is 12.7 Å². The number of ether oxygens (including phenoxy) is 1. The maximum absolute atomic E-state index is 5.86. The summed E-state index contributed by atoms with van der Waals surface area (Å²) >= 11 is 4.05. The molecule has 1 unspecified atom stereocenters. The fraction of sp³-hybridized carbons (Fsp3) is 0.643. The zero-order chi connectivity index (χ0) is 14.1. The summed E-state index contributed by atoms with van der Waals surface area (Å²) in [6.07, 6.45) is 7.99. The van der Waals surface area contributed by atoms with Crippen LogP contribution in [0.5, 0.6) is 0 Å². The first kappa shape index (κ1) is 13.8. The van der Waals surface area contributed by atoms with E-state index in [-0.39, 0.29) is 6.23 Å². The summed E-state index contributed by atoms with van der Waals surface area (Å²) in [6, 6.07) is 0. The minimum absolute atomic E-state index is 0.0849. The van der Waals surface area contributed by atoms with Crippen LogP contribution in [0.25, 0.3) is 11.2 Å². The van der Waals surface area contributed by atoms with Gasteiger partial charge in [-0.3, -0.25) is 4.57 Å². The largest absolute Gasteiger partial charge is 0.358 e. The molecule has 4 rings (SSSR count). The lowest BCUT2D eigenvalue weighted by Crippen LogP contribution is -2.17. The highest BCUT2D eigenvalue weighted by Crippen LogP contribution is 2.35. The van der Waals surface area contributed by atoms with E-state index in [2.05, 4.69) is 19.5 Å². The fourth-order valence-electron chi connectivity index (χ4n) is 2.89. The van der Waals surface area contributed by atoms with Crippen molar-refractivity contribution in [2.45, 2.75) is 36.5 Å². The van der Waals surface area contributed by atoms with Crippen LogP contribution >= 0.6 is 23.5 Å². The lowest BCUT2D eigenvalue weighted by molar-refractivity contribution is -0.0298. The van der Waals surface area contributed by atoms with Crippen molar-refractivity contribution in [2.75, 3.05) is 18.1 Å². The van der Waals surface area contributed by atoms with E-state index >= 15 is 0 Å². The smallest absolute Gasteiger partial charge is 0.165 e. The number of aromatic nitrogens is 4. The third-order valence-electron chi connectivity index (χ3n) is 3.95. The Hall–Kier alpha value is -0.790. The summed E-state index contributed by atoms with van der Waals surface area (Å²) in [5.41, 5.74) is 2.93. The fourth-order valence-corrected chi connectivity index (χ4v) is 5.70. The van der Waals surface area contributed by atoms with E-state index in [9.17, 15) is 0 Å². The lowest BCUT2D eigenvalue weighted by atomic mass is 10.2. The zero-order valence-corrected chi connectivity index (χ0v) is 13.4. The summed E-state index contributed by atoms with van der Waals surface area (Å²) in [6.45, 7) is 0.831. The second-order valence-corrected chi connectivity index (χ2v) is 8.26. The van der Waals surface area contributed by atoms with Gasteiger partial charge in [-0.25, -0.2) is 15.0 Å². The lowest BCUT2D eigenvalue weighted by Gasteiger charge is -2.23. The maximum atomic E-state index is 5.86. The van der Waals surface area contributed by atoms with Gasteiger partial charge >= 0.3 is 0 Å². The third-order valence-corrected chi connectivity index (χ3v) is 6.98. The van der Waals surface area contributed by atoms with Gasteiger partial charge in [0, 0.05) is 24.5 Å². The van der Waals surface area contributed by atoms with Crippen molar-refractivity contribution in [3.8, 4) is 0 Å². The Balaban J connectivity index is 1.65. The highest BCUT2D eigenvalue weighted by atomic mass is 32.2. The van der Waals surface area contributed by atoms with Gasteiger partial charge in [-0.05, 0) is 19.3 Å². The van der Waals surface area contributed by atoms with Crippen LogP contribution in [-0.4, -0.2) is 42.2 Å². The average Bonchev–Trinajstić information content (AvgIpc) is 3.18. The normalized spacial score (nSPS) is 23.9. The van der Waals surface area contributed by atoms with Crippen molar-refractivity contribution in [3.63, 3.8) is 0 Å². The van der Waals surface area contributed by atoms with Gasteiger partial charge in [0.15, 0.2) is 5.65 Å². The number of thioether (sulfide) groups is 2. The van der Waals surface area contributed by atoms with Crippen LogP contribution in [0, 0.1) is 0 Å². The first-order valence-electron chi connectivity index (χ1n) is 7.43. The van der Waals surface area contributed by atoms with Crippen LogP contribution in [-0.2, 0) is 11.2 Å². The standard InChI is InChI=1S/C14H18N4OS2/c1-2-4-19-11(3-1)18-9-17-13-10(15-8-16-14(13)18)7-12-20-5-6-21-12/h8-9,11-12H,1-7H2. The molecule has 0 bridgehead atoms. The Morgan fingerprint density at radius 1 is 1.19 bits per heavy atom. The van der Waals surface area contributed by atoms with E-state index in [0.717, 1.165) is 42.7 Å². The van der Waals surface area contributed by atoms with Gasteiger partial charge in [-0.15, -0.1) is 23.5 Å². The molecule has 2 fully saturated rings. The molecule has 2 aromatic rings. The predicted molar refractivity (Wildman–Crippen MR) is 86.6 cm³/mol. The van der Waals surface area contributed by atoms with E-state index in [1.165, 1.54) is 17.9 Å². The molecule has 7 heteroatoms. The Morgan fingerprint density at radius 3 is 2.90 bits per heavy atom. The molecule has 0 radical (unpaired) electrons. The molecule has 0 spiro atoms.